The molecule has 1 N–H and O–H groups in total. The Morgan fingerprint density at radius 3 is 2.50 bits per heavy atom. The first-order chi connectivity index (χ1) is 13.5. The Balaban J connectivity index is 1.66. The monoisotopic (exact) mass is 374 g/mol. The van der Waals surface area contributed by atoms with Gasteiger partial charge in [0.15, 0.2) is 0 Å². The number of aromatic amines is 1. The molecule has 3 aromatic rings. The van der Waals surface area contributed by atoms with Gasteiger partial charge in [-0.15, -0.1) is 0 Å². The molecular formula is C23H22N2O3. The first kappa shape index (κ1) is 18.2. The van der Waals surface area contributed by atoms with E-state index >= 15 is 0 Å². The zero-order chi connectivity index (χ0) is 19.8. The second-order valence-electron chi connectivity index (χ2n) is 7.42. The van der Waals surface area contributed by atoms with Crippen molar-refractivity contribution < 1.29 is 14.4 Å². The van der Waals surface area contributed by atoms with E-state index in [1.807, 2.05) is 61.7 Å². The van der Waals surface area contributed by atoms with Crippen LogP contribution in [0.15, 0.2) is 54.7 Å². The van der Waals surface area contributed by atoms with Gasteiger partial charge < -0.3 is 9.88 Å². The summed E-state index contributed by atoms with van der Waals surface area (Å²) < 4.78 is 0. The lowest BCUT2D eigenvalue weighted by molar-refractivity contribution is -0.142. The van der Waals surface area contributed by atoms with Crippen LogP contribution < -0.4 is 0 Å². The molecule has 0 bridgehead atoms. The van der Waals surface area contributed by atoms with E-state index in [1.165, 1.54) is 6.92 Å². The van der Waals surface area contributed by atoms with Crippen LogP contribution in [0.3, 0.4) is 0 Å². The molecule has 1 amide bonds. The molecule has 1 aromatic heterocycles. The molecule has 1 saturated heterocycles. The number of para-hydroxylation sites is 1. The quantitative estimate of drug-likeness (QED) is 0.550. The van der Waals surface area contributed by atoms with Crippen LogP contribution in [0.2, 0.25) is 0 Å². The van der Waals surface area contributed by atoms with Crippen LogP contribution in [0.4, 0.5) is 0 Å². The Bertz CT molecular complexity index is 1060. The molecule has 0 saturated carbocycles. The Hall–Kier alpha value is -3.21. The Morgan fingerprint density at radius 1 is 1.07 bits per heavy atom. The molecular weight excluding hydrogens is 352 g/mol. The van der Waals surface area contributed by atoms with Crippen molar-refractivity contribution in [1.82, 2.24) is 9.88 Å². The second-order valence-corrected chi connectivity index (χ2v) is 7.42. The highest BCUT2D eigenvalue weighted by Crippen LogP contribution is 2.37. The maximum Gasteiger partial charge on any atom is 0.291 e. The summed E-state index contributed by atoms with van der Waals surface area (Å²) in [4.78, 5) is 42.3. The van der Waals surface area contributed by atoms with Gasteiger partial charge in [0.05, 0.1) is 6.04 Å². The molecule has 0 aliphatic carbocycles. The molecule has 2 aromatic carbocycles. The highest BCUT2D eigenvalue weighted by atomic mass is 16.2. The lowest BCUT2D eigenvalue weighted by Crippen LogP contribution is -2.32. The summed E-state index contributed by atoms with van der Waals surface area (Å²) in [5.41, 5.74) is 4.04. The van der Waals surface area contributed by atoms with Crippen molar-refractivity contribution in [1.29, 1.82) is 0 Å². The Kier molecular flexibility index (Phi) is 4.59. The van der Waals surface area contributed by atoms with Crippen molar-refractivity contribution in [3.8, 4) is 0 Å². The molecule has 5 nitrogen and oxygen atoms in total. The van der Waals surface area contributed by atoms with E-state index in [4.69, 9.17) is 0 Å². The van der Waals surface area contributed by atoms with Gasteiger partial charge >= 0.3 is 0 Å². The lowest BCUT2D eigenvalue weighted by atomic mass is 9.89. The lowest BCUT2D eigenvalue weighted by Gasteiger charge is -2.27. The normalized spacial score (nSPS) is 19.6. The Labute approximate surface area is 163 Å². The van der Waals surface area contributed by atoms with E-state index in [9.17, 15) is 14.4 Å². The van der Waals surface area contributed by atoms with Gasteiger partial charge in [-0.2, -0.15) is 0 Å². The van der Waals surface area contributed by atoms with E-state index in [0.717, 1.165) is 27.6 Å². The van der Waals surface area contributed by atoms with Crippen LogP contribution in [0, 0.1) is 12.8 Å². The van der Waals surface area contributed by atoms with E-state index in [2.05, 4.69) is 4.98 Å². The summed E-state index contributed by atoms with van der Waals surface area (Å²) in [6.45, 7) is 3.75. The first-order valence-corrected chi connectivity index (χ1v) is 9.44. The van der Waals surface area contributed by atoms with Gasteiger partial charge in [-0.1, -0.05) is 48.0 Å². The number of amides is 1. The number of carbonyl (C=O) groups excluding carboxylic acids is 3. The van der Waals surface area contributed by atoms with E-state index < -0.39 is 23.7 Å². The number of aryl methyl sites for hydroxylation is 1. The SMILES string of the molecule is CC(=O)C1C(=O)C(=O)N(CCc2c[nH]c3ccccc23)C1c1ccc(C)cc1. The number of Topliss-reactive ketones (excluding diaryl/α,β-unsaturated/α-hetero) is 2. The number of nitrogens with one attached hydrogen (secondary N) is 1. The Morgan fingerprint density at radius 2 is 1.79 bits per heavy atom. The second kappa shape index (κ2) is 7.08. The minimum Gasteiger partial charge on any atom is -0.361 e. The maximum atomic E-state index is 12.7. The van der Waals surface area contributed by atoms with Gasteiger partial charge in [0.1, 0.15) is 11.7 Å². The van der Waals surface area contributed by atoms with Crippen LogP contribution in [-0.2, 0) is 20.8 Å². The number of benzene rings is 2. The van der Waals surface area contributed by atoms with Crippen LogP contribution in [-0.4, -0.2) is 33.9 Å². The number of likely N-dealkylation sites (tertiary alicyclic amines) is 1. The fourth-order valence-electron chi connectivity index (χ4n) is 4.09. The van der Waals surface area contributed by atoms with Crippen LogP contribution in [0.5, 0.6) is 0 Å². The molecule has 1 aliphatic rings. The van der Waals surface area contributed by atoms with E-state index in [0.29, 0.717) is 13.0 Å². The number of ketones is 2. The van der Waals surface area contributed by atoms with Gasteiger partial charge in [-0.25, -0.2) is 0 Å². The minimum absolute atomic E-state index is 0.265. The number of hydrogen-bond acceptors (Lipinski definition) is 3. The van der Waals surface area contributed by atoms with Gasteiger partial charge in [0.2, 0.25) is 5.78 Å². The largest absolute Gasteiger partial charge is 0.361 e. The number of nitrogens with zero attached hydrogens (tertiary/aromatic N) is 1. The predicted molar refractivity (Wildman–Crippen MR) is 107 cm³/mol. The molecule has 28 heavy (non-hydrogen) atoms. The highest BCUT2D eigenvalue weighted by Gasteiger charge is 2.49. The van der Waals surface area contributed by atoms with Crippen LogP contribution in [0.25, 0.3) is 10.9 Å². The first-order valence-electron chi connectivity index (χ1n) is 9.44. The average molecular weight is 374 g/mol. The summed E-state index contributed by atoms with van der Waals surface area (Å²) >= 11 is 0. The highest BCUT2D eigenvalue weighted by molar-refractivity contribution is 6.42. The molecule has 1 fully saturated rings. The van der Waals surface area contributed by atoms with Crippen LogP contribution >= 0.6 is 0 Å². The predicted octanol–water partition coefficient (Wildman–Crippen LogP) is 3.38. The summed E-state index contributed by atoms with van der Waals surface area (Å²) in [6, 6.07) is 15.1. The van der Waals surface area contributed by atoms with E-state index in [1.54, 1.807) is 4.90 Å². The smallest absolute Gasteiger partial charge is 0.291 e. The van der Waals surface area contributed by atoms with Crippen molar-refractivity contribution >= 4 is 28.4 Å². The summed E-state index contributed by atoms with van der Waals surface area (Å²) in [6.07, 6.45) is 2.55. The average Bonchev–Trinajstić information content (AvgIpc) is 3.20. The van der Waals surface area contributed by atoms with Gasteiger partial charge in [0, 0.05) is 23.6 Å². The molecule has 142 valence electrons. The van der Waals surface area contributed by atoms with Gasteiger partial charge in [-0.3, -0.25) is 14.4 Å². The molecule has 5 heteroatoms. The number of aromatic nitrogens is 1. The van der Waals surface area contributed by atoms with Crippen molar-refractivity contribution in [2.75, 3.05) is 6.54 Å². The molecule has 4 rings (SSSR count). The fraction of sp³-hybridized carbons (Fsp3) is 0.261. The third kappa shape index (κ3) is 3.03. The van der Waals surface area contributed by atoms with Gasteiger partial charge in [0.25, 0.3) is 5.91 Å². The summed E-state index contributed by atoms with van der Waals surface area (Å²) in [5.74, 6) is -2.36. The topological polar surface area (TPSA) is 70.2 Å². The third-order valence-corrected chi connectivity index (χ3v) is 5.56. The standard InChI is InChI=1S/C23H22N2O3/c1-14-7-9-16(10-8-14)21-20(15(2)26)22(27)23(28)25(21)12-11-17-13-24-19-6-4-3-5-18(17)19/h3-10,13,20-21,24H,11-12H2,1-2H3. The molecule has 2 unspecified atom stereocenters. The zero-order valence-corrected chi connectivity index (χ0v) is 15.9. The fourth-order valence-corrected chi connectivity index (χ4v) is 4.09. The molecule has 2 heterocycles. The molecule has 2 atom stereocenters. The van der Waals surface area contributed by atoms with E-state index in [-0.39, 0.29) is 5.78 Å². The number of carbonyl (C=O) groups is 3. The third-order valence-electron chi connectivity index (χ3n) is 5.56. The van der Waals surface area contributed by atoms with Crippen molar-refractivity contribution in [3.63, 3.8) is 0 Å². The number of H-pyrrole nitrogens is 1. The summed E-state index contributed by atoms with van der Waals surface area (Å²) in [7, 11) is 0. The maximum absolute atomic E-state index is 12.7. The van der Waals surface area contributed by atoms with Crippen molar-refractivity contribution in [3.05, 3.63) is 71.4 Å². The van der Waals surface area contributed by atoms with Gasteiger partial charge in [-0.05, 0) is 37.5 Å². The zero-order valence-electron chi connectivity index (χ0n) is 15.9. The number of hydrogen-bond donors (Lipinski definition) is 1. The molecule has 0 spiro atoms. The number of rotatable bonds is 5. The van der Waals surface area contributed by atoms with Crippen molar-refractivity contribution in [2.45, 2.75) is 26.3 Å². The summed E-state index contributed by atoms with van der Waals surface area (Å²) in [5, 5.41) is 1.11. The van der Waals surface area contributed by atoms with Crippen LogP contribution in [0.1, 0.15) is 29.7 Å². The molecule has 0 radical (unpaired) electrons. The van der Waals surface area contributed by atoms with Crippen molar-refractivity contribution in [2.24, 2.45) is 5.92 Å². The minimum atomic E-state index is -0.932. The molecule has 1 aliphatic heterocycles. The number of fused-ring (bicyclic) bond motifs is 1.